The van der Waals surface area contributed by atoms with Gasteiger partial charge in [0.15, 0.2) is 5.15 Å². The highest BCUT2D eigenvalue weighted by atomic mass is 35.5. The van der Waals surface area contributed by atoms with Crippen molar-refractivity contribution in [2.24, 2.45) is 5.92 Å². The summed E-state index contributed by atoms with van der Waals surface area (Å²) in [5, 5.41) is 11.7. The Labute approximate surface area is 152 Å². The van der Waals surface area contributed by atoms with E-state index in [1.54, 1.807) is 4.68 Å². The maximum Gasteiger partial charge on any atom is 0.231 e. The molecule has 3 aromatic rings. The number of fused-ring (bicyclic) bond motifs is 1. The molecule has 0 spiro atoms. The van der Waals surface area contributed by atoms with Gasteiger partial charge in [-0.1, -0.05) is 31.4 Å². The minimum atomic E-state index is 0.234. The molecule has 1 saturated carbocycles. The number of anilines is 3. The second-order valence-electron chi connectivity index (χ2n) is 6.60. The molecule has 7 nitrogen and oxygen atoms in total. The third kappa shape index (κ3) is 4.22. The Kier molecular flexibility index (Phi) is 5.13. The van der Waals surface area contributed by atoms with E-state index in [-0.39, 0.29) is 6.04 Å². The lowest BCUT2D eigenvalue weighted by atomic mass is 10.4. The number of aromatic nitrogens is 5. The molecule has 1 fully saturated rings. The molecule has 8 heteroatoms. The first kappa shape index (κ1) is 17.5. The Balaban J connectivity index is 0.000000401. The number of nitrogens with zero attached hydrogens (tertiary/aromatic N) is 4. The fraction of sp³-hybridized carbons (Fsp3) is 0.471. The number of rotatable bonds is 4. The first-order valence-corrected chi connectivity index (χ1v) is 8.90. The van der Waals surface area contributed by atoms with Crippen LogP contribution in [0.5, 0.6) is 0 Å². The van der Waals surface area contributed by atoms with E-state index in [4.69, 9.17) is 11.6 Å². The average Bonchev–Trinajstić information content (AvgIpc) is 3.08. The molecular formula is C17H24ClN7. The normalized spacial score (nSPS) is 13.7. The third-order valence-corrected chi connectivity index (χ3v) is 4.26. The Morgan fingerprint density at radius 3 is 2.60 bits per heavy atom. The van der Waals surface area contributed by atoms with Crippen LogP contribution in [0.1, 0.15) is 39.7 Å². The van der Waals surface area contributed by atoms with Gasteiger partial charge in [-0.15, -0.1) is 0 Å². The Morgan fingerprint density at radius 1 is 1.32 bits per heavy atom. The van der Waals surface area contributed by atoms with Crippen LogP contribution in [0, 0.1) is 5.92 Å². The lowest BCUT2D eigenvalue weighted by Crippen LogP contribution is -2.02. The van der Waals surface area contributed by atoms with Gasteiger partial charge < -0.3 is 15.6 Å². The molecule has 0 aromatic carbocycles. The van der Waals surface area contributed by atoms with Crippen molar-refractivity contribution < 1.29 is 0 Å². The van der Waals surface area contributed by atoms with E-state index in [0.717, 1.165) is 22.8 Å². The Hall–Kier alpha value is -2.28. The lowest BCUT2D eigenvalue weighted by Gasteiger charge is -2.06. The van der Waals surface area contributed by atoms with Crippen molar-refractivity contribution in [1.29, 1.82) is 0 Å². The van der Waals surface area contributed by atoms with Crippen LogP contribution in [0.15, 0.2) is 18.5 Å². The molecule has 3 aromatic heterocycles. The summed E-state index contributed by atoms with van der Waals surface area (Å²) in [6, 6.07) is 2.16. The number of hydrogen-bond acceptors (Lipinski definition) is 5. The molecule has 134 valence electrons. The molecule has 0 radical (unpaired) electrons. The quantitative estimate of drug-likeness (QED) is 0.633. The van der Waals surface area contributed by atoms with E-state index in [2.05, 4.69) is 37.6 Å². The van der Waals surface area contributed by atoms with Crippen LogP contribution in [-0.2, 0) is 0 Å². The highest BCUT2D eigenvalue weighted by Gasteiger charge is 2.13. The van der Waals surface area contributed by atoms with Crippen LogP contribution in [0.3, 0.4) is 0 Å². The maximum absolute atomic E-state index is 6.14. The molecule has 0 bridgehead atoms. The minimum absolute atomic E-state index is 0.234. The van der Waals surface area contributed by atoms with Crippen LogP contribution in [-0.4, -0.2) is 31.8 Å². The Bertz CT molecular complexity index is 848. The number of halogens is 1. The predicted octanol–water partition coefficient (Wildman–Crippen LogP) is 4.59. The summed E-state index contributed by atoms with van der Waals surface area (Å²) < 4.78 is 1.79. The molecule has 0 amide bonds. The number of aromatic amines is 1. The molecule has 1 aliphatic rings. The predicted molar refractivity (Wildman–Crippen MR) is 103 cm³/mol. The summed E-state index contributed by atoms with van der Waals surface area (Å²) in [6.45, 7) is 6.35. The van der Waals surface area contributed by atoms with Crippen molar-refractivity contribution in [3.05, 3.63) is 23.6 Å². The second kappa shape index (κ2) is 7.31. The van der Waals surface area contributed by atoms with Crippen LogP contribution < -0.4 is 10.6 Å². The largest absolute Gasteiger partial charge is 0.372 e. The van der Waals surface area contributed by atoms with Crippen LogP contribution in [0.25, 0.3) is 11.0 Å². The molecule has 3 heterocycles. The van der Waals surface area contributed by atoms with Crippen molar-refractivity contribution in [3.63, 3.8) is 0 Å². The first-order valence-electron chi connectivity index (χ1n) is 8.52. The molecular weight excluding hydrogens is 338 g/mol. The molecule has 0 atom stereocenters. The summed E-state index contributed by atoms with van der Waals surface area (Å²) in [7, 11) is 1.82. The van der Waals surface area contributed by atoms with Gasteiger partial charge in [0.1, 0.15) is 11.5 Å². The summed E-state index contributed by atoms with van der Waals surface area (Å²) in [6.07, 6.45) is 6.64. The SMILES string of the molecule is CC1CC1.CNc1nc(Nc2cn(C(C)C)nc2Cl)nc2[nH]ccc12. The monoisotopic (exact) mass is 361 g/mol. The fourth-order valence-electron chi connectivity index (χ4n) is 2.19. The summed E-state index contributed by atoms with van der Waals surface area (Å²) in [5.41, 5.74) is 1.43. The molecule has 0 saturated heterocycles. The topological polar surface area (TPSA) is 83.4 Å². The van der Waals surface area contributed by atoms with Gasteiger partial charge in [0, 0.05) is 19.3 Å². The van der Waals surface area contributed by atoms with Gasteiger partial charge in [-0.3, -0.25) is 4.68 Å². The first-order chi connectivity index (χ1) is 12.0. The zero-order valence-electron chi connectivity index (χ0n) is 15.0. The van der Waals surface area contributed by atoms with Gasteiger partial charge >= 0.3 is 0 Å². The zero-order chi connectivity index (χ0) is 18.0. The molecule has 3 N–H and O–H groups in total. The van der Waals surface area contributed by atoms with E-state index >= 15 is 0 Å². The number of H-pyrrole nitrogens is 1. The molecule has 0 aliphatic heterocycles. The van der Waals surface area contributed by atoms with E-state index in [1.165, 1.54) is 12.8 Å². The van der Waals surface area contributed by atoms with Crippen LogP contribution in [0.2, 0.25) is 5.15 Å². The smallest absolute Gasteiger partial charge is 0.231 e. The lowest BCUT2D eigenvalue weighted by molar-refractivity contribution is 0.533. The van der Waals surface area contributed by atoms with E-state index < -0.39 is 0 Å². The average molecular weight is 362 g/mol. The van der Waals surface area contributed by atoms with Crippen molar-refractivity contribution in [2.45, 2.75) is 39.7 Å². The molecule has 0 unspecified atom stereocenters. The Morgan fingerprint density at radius 2 is 2.04 bits per heavy atom. The standard InChI is InChI=1S/C13H16ClN7.C4H8/c1-7(2)21-6-9(10(14)20-21)17-13-18-11(15-3)8-4-5-16-12(8)19-13;1-4-2-3-4/h4-7H,1-3H3,(H3,15,16,17,18,19);4H,2-3H2,1H3. The molecule has 4 rings (SSSR count). The van der Waals surface area contributed by atoms with Gasteiger partial charge in [0.2, 0.25) is 5.95 Å². The minimum Gasteiger partial charge on any atom is -0.372 e. The summed E-state index contributed by atoms with van der Waals surface area (Å²) in [5.74, 6) is 2.29. The second-order valence-corrected chi connectivity index (χ2v) is 6.96. The molecule has 25 heavy (non-hydrogen) atoms. The number of nitrogens with one attached hydrogen (secondary N) is 3. The van der Waals surface area contributed by atoms with E-state index in [9.17, 15) is 0 Å². The van der Waals surface area contributed by atoms with Gasteiger partial charge in [-0.05, 0) is 25.8 Å². The fourth-order valence-corrected chi connectivity index (χ4v) is 2.38. The summed E-state index contributed by atoms with van der Waals surface area (Å²) in [4.78, 5) is 11.9. The number of hydrogen-bond donors (Lipinski definition) is 3. The highest BCUT2D eigenvalue weighted by Crippen LogP contribution is 2.27. The molecule has 1 aliphatic carbocycles. The van der Waals surface area contributed by atoms with Crippen molar-refractivity contribution in [3.8, 4) is 0 Å². The van der Waals surface area contributed by atoms with Gasteiger partial charge in [-0.2, -0.15) is 15.1 Å². The van der Waals surface area contributed by atoms with Gasteiger partial charge in [-0.25, -0.2) is 0 Å². The van der Waals surface area contributed by atoms with Crippen molar-refractivity contribution in [1.82, 2.24) is 24.7 Å². The highest BCUT2D eigenvalue weighted by molar-refractivity contribution is 6.32. The third-order valence-electron chi connectivity index (χ3n) is 3.98. The van der Waals surface area contributed by atoms with E-state index in [0.29, 0.717) is 16.8 Å². The van der Waals surface area contributed by atoms with E-state index in [1.807, 2.05) is 39.4 Å². The maximum atomic E-state index is 6.14. The summed E-state index contributed by atoms with van der Waals surface area (Å²) >= 11 is 6.14. The zero-order valence-corrected chi connectivity index (χ0v) is 15.7. The van der Waals surface area contributed by atoms with Crippen molar-refractivity contribution in [2.75, 3.05) is 17.7 Å². The van der Waals surface area contributed by atoms with Crippen LogP contribution >= 0.6 is 11.6 Å². The van der Waals surface area contributed by atoms with Crippen molar-refractivity contribution >= 4 is 40.1 Å². The van der Waals surface area contributed by atoms with Gasteiger partial charge in [0.25, 0.3) is 0 Å². The van der Waals surface area contributed by atoms with Gasteiger partial charge in [0.05, 0.1) is 17.3 Å². The van der Waals surface area contributed by atoms with Crippen LogP contribution in [0.4, 0.5) is 17.5 Å².